The van der Waals surface area contributed by atoms with Crippen molar-refractivity contribution >= 4 is 11.6 Å². The van der Waals surface area contributed by atoms with E-state index in [2.05, 4.69) is 22.0 Å². The molecule has 1 amide bonds. The van der Waals surface area contributed by atoms with Crippen LogP contribution in [-0.4, -0.2) is 58.1 Å². The third-order valence-electron chi connectivity index (χ3n) is 4.71. The molecule has 2 fully saturated rings. The zero-order valence-corrected chi connectivity index (χ0v) is 12.8. The summed E-state index contributed by atoms with van der Waals surface area (Å²) in [4.78, 5) is 17.1. The molecule has 0 aliphatic carbocycles. The molecule has 3 heterocycles. The highest BCUT2D eigenvalue weighted by molar-refractivity contribution is 5.97. The predicted molar refractivity (Wildman–Crippen MR) is 82.1 cm³/mol. The fraction of sp³-hybridized carbons (Fsp3) is 0.733. The summed E-state index contributed by atoms with van der Waals surface area (Å²) in [6, 6.07) is 0.520. The van der Waals surface area contributed by atoms with Crippen LogP contribution in [0.25, 0.3) is 0 Å². The van der Waals surface area contributed by atoms with Gasteiger partial charge in [-0.15, -0.1) is 0 Å². The fourth-order valence-corrected chi connectivity index (χ4v) is 3.48. The van der Waals surface area contributed by atoms with Gasteiger partial charge in [-0.3, -0.25) is 14.8 Å². The lowest BCUT2D eigenvalue weighted by Gasteiger charge is -2.43. The van der Waals surface area contributed by atoms with Crippen LogP contribution in [0.15, 0.2) is 0 Å². The lowest BCUT2D eigenvalue weighted by molar-refractivity contribution is 0.0369. The minimum atomic E-state index is -0.0173. The number of aromatic nitrogens is 2. The molecule has 21 heavy (non-hydrogen) atoms. The van der Waals surface area contributed by atoms with Crippen LogP contribution < -0.4 is 5.73 Å². The Morgan fingerprint density at radius 3 is 3.05 bits per heavy atom. The number of hydrogen-bond donors (Lipinski definition) is 2. The van der Waals surface area contributed by atoms with Crippen molar-refractivity contribution in [1.82, 2.24) is 20.0 Å². The van der Waals surface area contributed by atoms with E-state index in [1.54, 1.807) is 0 Å². The first-order valence-electron chi connectivity index (χ1n) is 8.06. The maximum absolute atomic E-state index is 12.7. The summed E-state index contributed by atoms with van der Waals surface area (Å²) in [7, 11) is 0. The number of anilines is 1. The van der Waals surface area contributed by atoms with Gasteiger partial charge in [-0.05, 0) is 25.8 Å². The van der Waals surface area contributed by atoms with E-state index in [0.717, 1.165) is 38.2 Å². The number of hydrogen-bond acceptors (Lipinski definition) is 4. The summed E-state index contributed by atoms with van der Waals surface area (Å²) in [5.41, 5.74) is 7.90. The topological polar surface area (TPSA) is 78.2 Å². The zero-order valence-electron chi connectivity index (χ0n) is 12.8. The number of aromatic amines is 1. The molecule has 1 aromatic rings. The van der Waals surface area contributed by atoms with Gasteiger partial charge < -0.3 is 10.6 Å². The Balaban J connectivity index is 1.70. The first kappa shape index (κ1) is 14.4. The van der Waals surface area contributed by atoms with Crippen LogP contribution >= 0.6 is 0 Å². The minimum Gasteiger partial charge on any atom is -0.395 e. The summed E-state index contributed by atoms with van der Waals surface area (Å²) < 4.78 is 0. The maximum atomic E-state index is 12.7. The Bertz CT molecular complexity index is 512. The summed E-state index contributed by atoms with van der Waals surface area (Å²) in [6.45, 7) is 5.84. The van der Waals surface area contributed by atoms with E-state index in [1.165, 1.54) is 25.8 Å². The number of H-pyrrole nitrogens is 1. The number of piperidine rings is 1. The fourth-order valence-electron chi connectivity index (χ4n) is 3.48. The summed E-state index contributed by atoms with van der Waals surface area (Å²) in [6.07, 6.45) is 5.58. The van der Waals surface area contributed by atoms with Crippen molar-refractivity contribution in [3.8, 4) is 0 Å². The molecule has 6 nitrogen and oxygen atoms in total. The molecule has 3 N–H and O–H groups in total. The quantitative estimate of drug-likeness (QED) is 0.878. The van der Waals surface area contributed by atoms with Crippen LogP contribution in [-0.2, 0) is 6.42 Å². The number of amides is 1. The van der Waals surface area contributed by atoms with E-state index in [0.29, 0.717) is 17.4 Å². The molecule has 0 saturated carbocycles. The Hall–Kier alpha value is -1.56. The molecule has 2 aliphatic heterocycles. The summed E-state index contributed by atoms with van der Waals surface area (Å²) in [5.74, 6) is -0.0173. The van der Waals surface area contributed by atoms with Crippen LogP contribution in [0.1, 0.15) is 48.8 Å². The first-order valence-corrected chi connectivity index (χ1v) is 8.06. The van der Waals surface area contributed by atoms with Crippen molar-refractivity contribution in [2.45, 2.75) is 45.1 Å². The van der Waals surface area contributed by atoms with Crippen LogP contribution in [0.5, 0.6) is 0 Å². The molecule has 0 bridgehead atoms. The third kappa shape index (κ3) is 2.77. The number of nitrogen functional groups attached to an aromatic ring is 1. The number of rotatable bonds is 3. The number of nitrogens with zero attached hydrogens (tertiary/aromatic N) is 3. The molecule has 6 heteroatoms. The number of aryl methyl sites for hydroxylation is 1. The van der Waals surface area contributed by atoms with E-state index in [9.17, 15) is 4.79 Å². The Morgan fingerprint density at radius 1 is 1.38 bits per heavy atom. The number of carbonyl (C=O) groups excluding carboxylic acids is 1. The molecule has 1 atom stereocenters. The minimum absolute atomic E-state index is 0.0173. The number of nitrogens with one attached hydrogen (secondary N) is 1. The molecule has 0 aromatic carbocycles. The van der Waals surface area contributed by atoms with E-state index in [1.807, 2.05) is 4.90 Å². The van der Waals surface area contributed by atoms with E-state index < -0.39 is 0 Å². The average Bonchev–Trinajstić information content (AvgIpc) is 2.88. The predicted octanol–water partition coefficient (Wildman–Crippen LogP) is 1.25. The van der Waals surface area contributed by atoms with Gasteiger partial charge in [0, 0.05) is 25.7 Å². The van der Waals surface area contributed by atoms with Crippen LogP contribution in [0.4, 0.5) is 5.69 Å². The van der Waals surface area contributed by atoms with E-state index in [4.69, 9.17) is 5.73 Å². The van der Waals surface area contributed by atoms with Crippen molar-refractivity contribution < 1.29 is 4.79 Å². The van der Waals surface area contributed by atoms with Crippen LogP contribution in [0.2, 0.25) is 0 Å². The van der Waals surface area contributed by atoms with Gasteiger partial charge in [-0.1, -0.05) is 19.8 Å². The Labute approximate surface area is 125 Å². The lowest BCUT2D eigenvalue weighted by atomic mass is 9.99. The third-order valence-corrected chi connectivity index (χ3v) is 4.71. The van der Waals surface area contributed by atoms with Gasteiger partial charge in [0.05, 0.1) is 11.4 Å². The molecule has 1 aromatic heterocycles. The monoisotopic (exact) mass is 291 g/mol. The highest BCUT2D eigenvalue weighted by atomic mass is 16.2. The number of nitrogens with two attached hydrogens (primary N) is 1. The van der Waals surface area contributed by atoms with Gasteiger partial charge in [0.15, 0.2) is 5.69 Å². The van der Waals surface area contributed by atoms with E-state index in [-0.39, 0.29) is 5.91 Å². The second-order valence-electron chi connectivity index (χ2n) is 6.15. The smallest absolute Gasteiger partial charge is 0.276 e. The summed E-state index contributed by atoms with van der Waals surface area (Å²) in [5, 5.41) is 7.08. The molecular weight excluding hydrogens is 266 g/mol. The first-order chi connectivity index (χ1) is 10.2. The van der Waals surface area contributed by atoms with Gasteiger partial charge in [-0.2, -0.15) is 5.10 Å². The molecule has 2 aliphatic rings. The zero-order chi connectivity index (χ0) is 14.8. The van der Waals surface area contributed by atoms with Crippen LogP contribution in [0.3, 0.4) is 0 Å². The van der Waals surface area contributed by atoms with Gasteiger partial charge in [0.1, 0.15) is 0 Å². The van der Waals surface area contributed by atoms with Gasteiger partial charge >= 0.3 is 0 Å². The van der Waals surface area contributed by atoms with Gasteiger partial charge in [-0.25, -0.2) is 0 Å². The van der Waals surface area contributed by atoms with Crippen molar-refractivity contribution in [2.24, 2.45) is 0 Å². The largest absolute Gasteiger partial charge is 0.395 e. The van der Waals surface area contributed by atoms with Crippen LogP contribution in [0, 0.1) is 0 Å². The standard InChI is InChI=1S/C15H25N5O/c1-2-5-12-13(16)14(18-17-12)15(21)20-9-8-19-7-4-3-6-11(19)10-20/h11H,2-10,16H2,1H3,(H,17,18). The second-order valence-corrected chi connectivity index (χ2v) is 6.15. The van der Waals surface area contributed by atoms with Crippen molar-refractivity contribution in [3.63, 3.8) is 0 Å². The normalized spacial score (nSPS) is 23.1. The lowest BCUT2D eigenvalue weighted by Crippen LogP contribution is -2.56. The molecular formula is C15H25N5O. The highest BCUT2D eigenvalue weighted by Crippen LogP contribution is 2.23. The number of carbonyl (C=O) groups is 1. The molecule has 0 radical (unpaired) electrons. The second kappa shape index (κ2) is 6.05. The number of piperazine rings is 1. The molecule has 2 saturated heterocycles. The van der Waals surface area contributed by atoms with Crippen molar-refractivity contribution in [1.29, 1.82) is 0 Å². The van der Waals surface area contributed by atoms with Gasteiger partial charge in [0.25, 0.3) is 5.91 Å². The Kier molecular flexibility index (Phi) is 4.14. The highest BCUT2D eigenvalue weighted by Gasteiger charge is 2.32. The number of fused-ring (bicyclic) bond motifs is 1. The maximum Gasteiger partial charge on any atom is 0.276 e. The SMILES string of the molecule is CCCc1[nH]nc(C(=O)N2CCN3CCCCC3C2)c1N. The molecule has 3 rings (SSSR count). The molecule has 116 valence electrons. The average molecular weight is 291 g/mol. The molecule has 1 unspecified atom stereocenters. The van der Waals surface area contributed by atoms with Gasteiger partial charge in [0.2, 0.25) is 0 Å². The molecule has 0 spiro atoms. The summed E-state index contributed by atoms with van der Waals surface area (Å²) >= 11 is 0. The van der Waals surface area contributed by atoms with E-state index >= 15 is 0 Å². The van der Waals surface area contributed by atoms with Crippen molar-refractivity contribution in [3.05, 3.63) is 11.4 Å². The Morgan fingerprint density at radius 2 is 2.24 bits per heavy atom. The van der Waals surface area contributed by atoms with Crippen molar-refractivity contribution in [2.75, 3.05) is 31.9 Å².